The summed E-state index contributed by atoms with van der Waals surface area (Å²) in [5.74, 6) is 0.916. The van der Waals surface area contributed by atoms with Gasteiger partial charge in [0.05, 0.1) is 23.4 Å². The first-order valence-electron chi connectivity index (χ1n) is 22.2. The van der Waals surface area contributed by atoms with E-state index in [1.54, 1.807) is 10.8 Å². The molecule has 4 aliphatic heterocycles. The van der Waals surface area contributed by atoms with E-state index in [-0.39, 0.29) is 40.7 Å². The number of carbonyl (C=O) groups excluding carboxylic acids is 3. The van der Waals surface area contributed by atoms with Crippen molar-refractivity contribution in [1.29, 1.82) is 0 Å². The molecule has 4 aromatic rings. The lowest BCUT2D eigenvalue weighted by atomic mass is 9.90. The van der Waals surface area contributed by atoms with Gasteiger partial charge in [-0.1, -0.05) is 25.0 Å². The van der Waals surface area contributed by atoms with Crippen molar-refractivity contribution in [2.75, 3.05) is 74.0 Å². The zero-order valence-corrected chi connectivity index (χ0v) is 35.1. The number of piperazine rings is 1. The summed E-state index contributed by atoms with van der Waals surface area (Å²) in [5, 5.41) is 6.46. The van der Waals surface area contributed by atoms with Crippen molar-refractivity contribution in [3.05, 3.63) is 75.8 Å². The molecule has 0 spiro atoms. The van der Waals surface area contributed by atoms with Crippen molar-refractivity contribution in [3.63, 3.8) is 0 Å². The molecular weight excluding hydrogens is 757 g/mol. The number of likely N-dealkylation sites (tertiary alicyclic amines) is 1. The number of ketones is 1. The summed E-state index contributed by atoms with van der Waals surface area (Å²) in [4.78, 5) is 74.4. The van der Waals surface area contributed by atoms with Crippen LogP contribution in [0.2, 0.25) is 0 Å². The molecule has 4 saturated heterocycles. The zero-order chi connectivity index (χ0) is 41.3. The Bertz CT molecular complexity index is 2270. The van der Waals surface area contributed by atoms with Crippen LogP contribution in [0.1, 0.15) is 105 Å². The molecule has 3 aromatic heterocycles. The summed E-state index contributed by atoms with van der Waals surface area (Å²) >= 11 is 0. The highest BCUT2D eigenvalue weighted by molar-refractivity contribution is 6.01. The summed E-state index contributed by atoms with van der Waals surface area (Å²) < 4.78 is 1.74. The minimum Gasteiger partial charge on any atom is -0.370 e. The molecule has 316 valence electrons. The first-order chi connectivity index (χ1) is 29.2. The molecule has 60 heavy (non-hydrogen) atoms. The maximum absolute atomic E-state index is 13.6. The highest BCUT2D eigenvalue weighted by Gasteiger charge is 2.31. The number of anilines is 4. The average Bonchev–Trinajstić information content (AvgIpc) is 3.79. The summed E-state index contributed by atoms with van der Waals surface area (Å²) in [5.41, 5.74) is 4.50. The fourth-order valence-corrected chi connectivity index (χ4v) is 10.6. The van der Waals surface area contributed by atoms with Crippen LogP contribution < -0.4 is 26.0 Å². The largest absolute Gasteiger partial charge is 0.370 e. The second kappa shape index (κ2) is 17.4. The second-order valence-corrected chi connectivity index (χ2v) is 17.7. The molecular formula is C46H58N10O4. The van der Waals surface area contributed by atoms with Crippen LogP contribution in [0, 0.1) is 12.8 Å². The van der Waals surface area contributed by atoms with Gasteiger partial charge in [-0.3, -0.25) is 34.0 Å². The topological polar surface area (TPSA) is 149 Å². The van der Waals surface area contributed by atoms with Gasteiger partial charge in [-0.2, -0.15) is 4.98 Å². The molecule has 1 aromatic carbocycles. The number of Topliss-reactive ketones (excluding diaryl/α,β-unsaturated/α-hetero) is 1. The van der Waals surface area contributed by atoms with Crippen LogP contribution in [0.15, 0.2) is 53.6 Å². The number of pyridine rings is 2. The Morgan fingerprint density at radius 3 is 2.13 bits per heavy atom. The summed E-state index contributed by atoms with van der Waals surface area (Å²) in [6, 6.07) is 13.2. The number of aryl methyl sites for hydroxylation is 1. The number of fused-ring (bicyclic) bond motifs is 1. The van der Waals surface area contributed by atoms with Gasteiger partial charge >= 0.3 is 0 Å². The minimum absolute atomic E-state index is 0.0303. The molecule has 2 amide bonds. The van der Waals surface area contributed by atoms with Crippen molar-refractivity contribution >= 4 is 51.8 Å². The first-order valence-corrected chi connectivity index (χ1v) is 22.2. The van der Waals surface area contributed by atoms with E-state index in [1.165, 1.54) is 57.9 Å². The third-order valence-electron chi connectivity index (χ3n) is 14.0. The van der Waals surface area contributed by atoms with Crippen molar-refractivity contribution in [2.24, 2.45) is 5.92 Å². The van der Waals surface area contributed by atoms with Crippen molar-refractivity contribution in [2.45, 2.75) is 96.1 Å². The Kier molecular flexibility index (Phi) is 11.7. The fourth-order valence-electron chi connectivity index (χ4n) is 10.6. The molecule has 1 unspecified atom stereocenters. The molecule has 9 rings (SSSR count). The lowest BCUT2D eigenvalue weighted by Gasteiger charge is -2.44. The van der Waals surface area contributed by atoms with Gasteiger partial charge in [0.25, 0.3) is 5.56 Å². The van der Waals surface area contributed by atoms with Gasteiger partial charge in [-0.25, -0.2) is 9.97 Å². The molecule has 5 aliphatic rings. The maximum Gasteiger partial charge on any atom is 0.263 e. The zero-order valence-electron chi connectivity index (χ0n) is 35.1. The quantitative estimate of drug-likeness (QED) is 0.152. The molecule has 1 saturated carbocycles. The van der Waals surface area contributed by atoms with Crippen LogP contribution in [-0.2, 0) is 9.59 Å². The number of imide groups is 1. The summed E-state index contributed by atoms with van der Waals surface area (Å²) in [7, 11) is 0. The first kappa shape index (κ1) is 40.2. The van der Waals surface area contributed by atoms with Gasteiger partial charge in [-0.15, -0.1) is 0 Å². The molecule has 1 atom stereocenters. The number of aromatic nitrogens is 4. The number of hydrogen-bond donors (Lipinski definition) is 2. The Morgan fingerprint density at radius 1 is 0.767 bits per heavy atom. The van der Waals surface area contributed by atoms with Crippen molar-refractivity contribution in [3.8, 4) is 0 Å². The molecule has 0 bridgehead atoms. The Labute approximate surface area is 351 Å². The van der Waals surface area contributed by atoms with Crippen LogP contribution in [0.4, 0.5) is 23.1 Å². The Morgan fingerprint density at radius 2 is 1.47 bits per heavy atom. The van der Waals surface area contributed by atoms with Gasteiger partial charge in [-0.05, 0) is 113 Å². The minimum atomic E-state index is -0.252. The number of nitrogens with zero attached hydrogens (tertiary/aromatic N) is 8. The van der Waals surface area contributed by atoms with Crippen molar-refractivity contribution in [1.82, 2.24) is 34.6 Å². The molecule has 0 radical (unpaired) electrons. The van der Waals surface area contributed by atoms with E-state index in [0.717, 1.165) is 81.6 Å². The lowest BCUT2D eigenvalue weighted by molar-refractivity contribution is -0.134. The van der Waals surface area contributed by atoms with Crippen LogP contribution in [0.25, 0.3) is 11.0 Å². The SMILES string of the molecule is CC(=O)c1c(C)c2cnc(Nc3ccc(N4CCC(CN5CCC(N6CCN(c7ccc(C8CCC(=O)NC8=O)cc7)CC6)CC5)CC4)cn3)nc2n(C2CCCC2)c1=O. The van der Waals surface area contributed by atoms with E-state index in [2.05, 4.69) is 65.5 Å². The lowest BCUT2D eigenvalue weighted by Crippen LogP contribution is -2.53. The molecule has 7 heterocycles. The van der Waals surface area contributed by atoms with Gasteiger partial charge < -0.3 is 20.0 Å². The molecule has 5 fully saturated rings. The van der Waals surface area contributed by atoms with Gasteiger partial charge in [0.15, 0.2) is 5.78 Å². The third kappa shape index (κ3) is 8.41. The average molecular weight is 815 g/mol. The Hall–Kier alpha value is -5.21. The van der Waals surface area contributed by atoms with E-state index in [0.29, 0.717) is 47.8 Å². The highest BCUT2D eigenvalue weighted by Crippen LogP contribution is 2.33. The maximum atomic E-state index is 13.6. The van der Waals surface area contributed by atoms with E-state index in [9.17, 15) is 19.2 Å². The van der Waals surface area contributed by atoms with E-state index >= 15 is 0 Å². The summed E-state index contributed by atoms with van der Waals surface area (Å²) in [6.07, 6.45) is 13.4. The number of nitrogens with one attached hydrogen (secondary N) is 2. The summed E-state index contributed by atoms with van der Waals surface area (Å²) in [6.45, 7) is 13.0. The number of carbonyl (C=O) groups is 3. The normalized spacial score (nSPS) is 21.8. The van der Waals surface area contributed by atoms with Crippen LogP contribution in [0.5, 0.6) is 0 Å². The number of amides is 2. The predicted octanol–water partition coefficient (Wildman–Crippen LogP) is 5.58. The van der Waals surface area contributed by atoms with Gasteiger partial charge in [0.1, 0.15) is 11.5 Å². The Balaban J connectivity index is 0.722. The number of hydrogen-bond acceptors (Lipinski definition) is 12. The fraction of sp³-hybridized carbons (Fsp3) is 0.543. The van der Waals surface area contributed by atoms with Gasteiger partial charge in [0, 0.05) is 81.6 Å². The van der Waals surface area contributed by atoms with Crippen LogP contribution >= 0.6 is 0 Å². The second-order valence-electron chi connectivity index (χ2n) is 17.7. The monoisotopic (exact) mass is 814 g/mol. The smallest absolute Gasteiger partial charge is 0.263 e. The number of piperidine rings is 3. The van der Waals surface area contributed by atoms with E-state index in [1.807, 2.05) is 19.2 Å². The van der Waals surface area contributed by atoms with Crippen molar-refractivity contribution < 1.29 is 14.4 Å². The highest BCUT2D eigenvalue weighted by atomic mass is 16.2. The number of benzene rings is 1. The molecule has 14 nitrogen and oxygen atoms in total. The number of rotatable bonds is 10. The van der Waals surface area contributed by atoms with Crippen LogP contribution in [0.3, 0.4) is 0 Å². The van der Waals surface area contributed by atoms with E-state index < -0.39 is 0 Å². The molecule has 1 aliphatic carbocycles. The van der Waals surface area contributed by atoms with Crippen LogP contribution in [-0.4, -0.2) is 112 Å². The predicted molar refractivity (Wildman–Crippen MR) is 233 cm³/mol. The molecule has 14 heteroatoms. The van der Waals surface area contributed by atoms with E-state index in [4.69, 9.17) is 9.97 Å². The molecule has 2 N–H and O–H groups in total. The third-order valence-corrected chi connectivity index (χ3v) is 14.0. The standard InChI is InChI=1S/C46H58N10O4/c1-30-39-28-48-46(51-43(39)56(36-5-3-4-6-36)45(60)42(30)31(2)57)49-40-13-11-37(27-47-40)53-21-15-32(16-22-53)29-52-19-17-35(18-20-52)55-25-23-54(24-26-55)34-9-7-33(8-10-34)38-12-14-41(58)50-44(38)59/h7-11,13,27-28,32,35-36,38H,3-6,12,14-26,29H2,1-2H3,(H,50,58,59)(H,47,48,49,51). The van der Waals surface area contributed by atoms with Gasteiger partial charge in [0.2, 0.25) is 17.8 Å².